The lowest BCUT2D eigenvalue weighted by Gasteiger charge is -2.45. The highest BCUT2D eigenvalue weighted by atomic mass is 16.2. The van der Waals surface area contributed by atoms with Gasteiger partial charge in [-0.15, -0.1) is 0 Å². The summed E-state index contributed by atoms with van der Waals surface area (Å²) in [4.78, 5) is 15.8. The molecule has 2 rings (SSSR count). The Morgan fingerprint density at radius 1 is 1.29 bits per heavy atom. The van der Waals surface area contributed by atoms with Gasteiger partial charge in [-0.05, 0) is 19.8 Å². The van der Waals surface area contributed by atoms with Crippen LogP contribution < -0.4 is 0 Å². The zero-order chi connectivity index (χ0) is 10.1. The smallest absolute Gasteiger partial charge is 0.219 e. The summed E-state index contributed by atoms with van der Waals surface area (Å²) in [6.45, 7) is 6.91. The second-order valence-electron chi connectivity index (χ2n) is 4.64. The molecule has 2 fully saturated rings. The molecule has 0 unspecified atom stereocenters. The van der Waals surface area contributed by atoms with Crippen LogP contribution in [0.1, 0.15) is 33.1 Å². The van der Waals surface area contributed by atoms with E-state index in [-0.39, 0.29) is 5.91 Å². The summed E-state index contributed by atoms with van der Waals surface area (Å²) in [6, 6.07) is 1.23. The Labute approximate surface area is 86.1 Å². The summed E-state index contributed by atoms with van der Waals surface area (Å²) in [5.74, 6) is 0.228. The maximum absolute atomic E-state index is 11.3. The molecule has 1 aliphatic heterocycles. The van der Waals surface area contributed by atoms with E-state index in [1.807, 2.05) is 4.90 Å². The number of amides is 1. The van der Waals surface area contributed by atoms with Gasteiger partial charge in [-0.25, -0.2) is 0 Å². The summed E-state index contributed by atoms with van der Waals surface area (Å²) in [6.07, 6.45) is 4.13. The molecule has 0 aromatic carbocycles. The molecule has 0 bridgehead atoms. The van der Waals surface area contributed by atoms with E-state index in [4.69, 9.17) is 0 Å². The van der Waals surface area contributed by atoms with Gasteiger partial charge in [-0.1, -0.05) is 6.42 Å². The molecule has 0 aromatic heterocycles. The lowest BCUT2D eigenvalue weighted by molar-refractivity contribution is -0.134. The number of piperazine rings is 1. The number of rotatable bonds is 1. The van der Waals surface area contributed by atoms with Gasteiger partial charge < -0.3 is 4.90 Å². The maximum atomic E-state index is 11.3. The highest BCUT2D eigenvalue weighted by molar-refractivity contribution is 5.73. The number of hydrogen-bond donors (Lipinski definition) is 0. The first-order chi connectivity index (χ1) is 6.68. The van der Waals surface area contributed by atoms with Crippen molar-refractivity contribution in [3.63, 3.8) is 0 Å². The molecule has 1 aliphatic carbocycles. The molecule has 14 heavy (non-hydrogen) atoms. The van der Waals surface area contributed by atoms with Crippen molar-refractivity contribution < 1.29 is 4.79 Å². The molecule has 0 spiro atoms. The zero-order valence-corrected chi connectivity index (χ0v) is 9.20. The van der Waals surface area contributed by atoms with E-state index in [0.717, 1.165) is 25.7 Å². The average Bonchev–Trinajstić information content (AvgIpc) is 2.00. The Kier molecular flexibility index (Phi) is 2.77. The molecular formula is C11H20N2O. The number of nitrogens with zero attached hydrogens (tertiary/aromatic N) is 2. The summed E-state index contributed by atoms with van der Waals surface area (Å²) < 4.78 is 0. The molecule has 1 amide bonds. The van der Waals surface area contributed by atoms with Crippen LogP contribution in [0.3, 0.4) is 0 Å². The highest BCUT2D eigenvalue weighted by Gasteiger charge is 2.31. The standard InChI is InChI=1S/C11H20N2O/c1-9-8-12(11-4-3-5-11)6-7-13(9)10(2)14/h9,11H,3-8H2,1-2H3/t9-/m0/s1. The van der Waals surface area contributed by atoms with E-state index in [1.54, 1.807) is 6.92 Å². The Morgan fingerprint density at radius 3 is 2.43 bits per heavy atom. The summed E-state index contributed by atoms with van der Waals surface area (Å²) in [5, 5.41) is 0. The van der Waals surface area contributed by atoms with E-state index >= 15 is 0 Å². The first kappa shape index (κ1) is 9.97. The monoisotopic (exact) mass is 196 g/mol. The van der Waals surface area contributed by atoms with Gasteiger partial charge in [0.25, 0.3) is 0 Å². The molecule has 1 heterocycles. The maximum Gasteiger partial charge on any atom is 0.219 e. The number of carbonyl (C=O) groups is 1. The first-order valence-corrected chi connectivity index (χ1v) is 5.69. The van der Waals surface area contributed by atoms with Crippen molar-refractivity contribution in [1.29, 1.82) is 0 Å². The molecule has 3 heteroatoms. The van der Waals surface area contributed by atoms with Crippen molar-refractivity contribution in [2.45, 2.75) is 45.2 Å². The van der Waals surface area contributed by atoms with Crippen LogP contribution in [0.2, 0.25) is 0 Å². The molecular weight excluding hydrogens is 176 g/mol. The zero-order valence-electron chi connectivity index (χ0n) is 9.20. The van der Waals surface area contributed by atoms with Gasteiger partial charge in [0, 0.05) is 38.6 Å². The molecule has 3 nitrogen and oxygen atoms in total. The van der Waals surface area contributed by atoms with Crippen LogP contribution >= 0.6 is 0 Å². The summed E-state index contributed by atoms with van der Waals surface area (Å²) in [5.41, 5.74) is 0. The normalized spacial score (nSPS) is 30.1. The third-order valence-corrected chi connectivity index (χ3v) is 3.65. The van der Waals surface area contributed by atoms with E-state index < -0.39 is 0 Å². The minimum Gasteiger partial charge on any atom is -0.338 e. The topological polar surface area (TPSA) is 23.6 Å². The second-order valence-corrected chi connectivity index (χ2v) is 4.64. The fraction of sp³-hybridized carbons (Fsp3) is 0.909. The fourth-order valence-electron chi connectivity index (χ4n) is 2.54. The second kappa shape index (κ2) is 3.89. The molecule has 0 radical (unpaired) electrons. The SMILES string of the molecule is CC(=O)N1CCN(C2CCC2)C[C@@H]1C. The third kappa shape index (κ3) is 1.78. The number of hydrogen-bond acceptors (Lipinski definition) is 2. The van der Waals surface area contributed by atoms with Crippen molar-refractivity contribution in [3.8, 4) is 0 Å². The van der Waals surface area contributed by atoms with Crippen LogP contribution in [0.25, 0.3) is 0 Å². The molecule has 0 N–H and O–H groups in total. The van der Waals surface area contributed by atoms with Gasteiger partial charge in [0.15, 0.2) is 0 Å². The van der Waals surface area contributed by atoms with Crippen LogP contribution in [0.4, 0.5) is 0 Å². The molecule has 0 aromatic rings. The highest BCUT2D eigenvalue weighted by Crippen LogP contribution is 2.26. The lowest BCUT2D eigenvalue weighted by Crippen LogP contribution is -2.57. The van der Waals surface area contributed by atoms with Gasteiger partial charge in [0.1, 0.15) is 0 Å². The molecule has 2 aliphatic rings. The van der Waals surface area contributed by atoms with E-state index in [1.165, 1.54) is 19.3 Å². The Hall–Kier alpha value is -0.570. The lowest BCUT2D eigenvalue weighted by atomic mass is 9.90. The largest absolute Gasteiger partial charge is 0.338 e. The third-order valence-electron chi connectivity index (χ3n) is 3.65. The fourth-order valence-corrected chi connectivity index (χ4v) is 2.54. The molecule has 1 atom stereocenters. The van der Waals surface area contributed by atoms with Crippen LogP contribution in [0.15, 0.2) is 0 Å². The van der Waals surface area contributed by atoms with Gasteiger partial charge >= 0.3 is 0 Å². The number of carbonyl (C=O) groups excluding carboxylic acids is 1. The van der Waals surface area contributed by atoms with Crippen molar-refractivity contribution in [3.05, 3.63) is 0 Å². The van der Waals surface area contributed by atoms with Crippen LogP contribution in [-0.4, -0.2) is 47.4 Å². The Bertz CT molecular complexity index is 225. The van der Waals surface area contributed by atoms with Gasteiger partial charge in [-0.3, -0.25) is 9.69 Å². The molecule has 80 valence electrons. The van der Waals surface area contributed by atoms with E-state index in [9.17, 15) is 4.79 Å². The van der Waals surface area contributed by atoms with Crippen LogP contribution in [0.5, 0.6) is 0 Å². The Morgan fingerprint density at radius 2 is 2.00 bits per heavy atom. The van der Waals surface area contributed by atoms with Crippen LogP contribution in [-0.2, 0) is 4.79 Å². The first-order valence-electron chi connectivity index (χ1n) is 5.69. The predicted octanol–water partition coefficient (Wildman–Crippen LogP) is 1.09. The van der Waals surface area contributed by atoms with Crippen LogP contribution in [0, 0.1) is 0 Å². The molecule has 1 saturated heterocycles. The summed E-state index contributed by atoms with van der Waals surface area (Å²) in [7, 11) is 0. The Balaban J connectivity index is 1.88. The predicted molar refractivity (Wildman–Crippen MR) is 56.1 cm³/mol. The minimum atomic E-state index is 0.228. The van der Waals surface area contributed by atoms with E-state index in [0.29, 0.717) is 6.04 Å². The van der Waals surface area contributed by atoms with Crippen molar-refractivity contribution in [1.82, 2.24) is 9.80 Å². The van der Waals surface area contributed by atoms with E-state index in [2.05, 4.69) is 11.8 Å². The van der Waals surface area contributed by atoms with Gasteiger partial charge in [0.2, 0.25) is 5.91 Å². The van der Waals surface area contributed by atoms with Crippen molar-refractivity contribution >= 4 is 5.91 Å². The summed E-state index contributed by atoms with van der Waals surface area (Å²) >= 11 is 0. The van der Waals surface area contributed by atoms with Gasteiger partial charge in [0.05, 0.1) is 0 Å². The van der Waals surface area contributed by atoms with Crippen molar-refractivity contribution in [2.24, 2.45) is 0 Å². The quantitative estimate of drug-likeness (QED) is 0.627. The molecule has 1 saturated carbocycles. The van der Waals surface area contributed by atoms with Gasteiger partial charge in [-0.2, -0.15) is 0 Å². The van der Waals surface area contributed by atoms with Crippen molar-refractivity contribution in [2.75, 3.05) is 19.6 Å². The average molecular weight is 196 g/mol. The minimum absolute atomic E-state index is 0.228.